The van der Waals surface area contributed by atoms with Gasteiger partial charge in [0.05, 0.1) is 5.69 Å². The maximum absolute atomic E-state index is 9.55. The predicted octanol–water partition coefficient (Wildman–Crippen LogP) is 3.36. The van der Waals surface area contributed by atoms with E-state index in [-0.39, 0.29) is 0 Å². The highest BCUT2D eigenvalue weighted by molar-refractivity contribution is 7.10. The van der Waals surface area contributed by atoms with E-state index in [4.69, 9.17) is 0 Å². The van der Waals surface area contributed by atoms with Gasteiger partial charge >= 0.3 is 0 Å². The molecule has 1 atom stereocenters. The lowest BCUT2D eigenvalue weighted by molar-refractivity contribution is 0.199. The smallest absolute Gasteiger partial charge is 0.122 e. The molecular formula is C14H14N2OS. The van der Waals surface area contributed by atoms with E-state index in [1.54, 1.807) is 6.92 Å². The van der Waals surface area contributed by atoms with E-state index in [0.29, 0.717) is 0 Å². The monoisotopic (exact) mass is 258 g/mol. The van der Waals surface area contributed by atoms with E-state index in [0.717, 1.165) is 16.3 Å². The van der Waals surface area contributed by atoms with Gasteiger partial charge in [-0.05, 0) is 13.0 Å². The minimum atomic E-state index is -0.501. The Morgan fingerprint density at radius 3 is 2.83 bits per heavy atom. The lowest BCUT2D eigenvalue weighted by Gasteiger charge is -1.96. The number of para-hydroxylation sites is 1. The zero-order valence-corrected chi connectivity index (χ0v) is 11.1. The van der Waals surface area contributed by atoms with Gasteiger partial charge in [-0.15, -0.1) is 11.3 Å². The Bertz CT molecular complexity index is 697. The Balaban J connectivity index is 2.19. The standard InChI is InChI=1S/C14H14N2OS/c1-9(17)14-15-12(8-18-14)11-7-16(2)13-6-4-3-5-10(11)13/h3-9,17H,1-2H3. The van der Waals surface area contributed by atoms with Crippen molar-refractivity contribution in [1.82, 2.24) is 9.55 Å². The molecule has 1 N–H and O–H groups in total. The van der Waals surface area contributed by atoms with Crippen molar-refractivity contribution in [1.29, 1.82) is 0 Å². The number of aromatic nitrogens is 2. The van der Waals surface area contributed by atoms with Crippen LogP contribution in [-0.4, -0.2) is 14.7 Å². The van der Waals surface area contributed by atoms with Crippen LogP contribution in [0.25, 0.3) is 22.2 Å². The first-order valence-electron chi connectivity index (χ1n) is 5.84. The third-order valence-corrected chi connectivity index (χ3v) is 4.07. The molecule has 0 radical (unpaired) electrons. The van der Waals surface area contributed by atoms with Gasteiger partial charge in [-0.1, -0.05) is 18.2 Å². The van der Waals surface area contributed by atoms with Crippen LogP contribution in [0, 0.1) is 0 Å². The molecule has 0 aliphatic carbocycles. The van der Waals surface area contributed by atoms with E-state index in [1.165, 1.54) is 22.2 Å². The summed E-state index contributed by atoms with van der Waals surface area (Å²) in [4.78, 5) is 4.50. The molecule has 0 bridgehead atoms. The Hall–Kier alpha value is -1.65. The Morgan fingerprint density at radius 1 is 1.33 bits per heavy atom. The fraction of sp³-hybridized carbons (Fsp3) is 0.214. The topological polar surface area (TPSA) is 38.1 Å². The molecule has 0 aliphatic heterocycles. The van der Waals surface area contributed by atoms with Crippen LogP contribution in [0.4, 0.5) is 0 Å². The Kier molecular flexibility index (Phi) is 2.69. The van der Waals surface area contributed by atoms with Crippen molar-refractivity contribution < 1.29 is 5.11 Å². The van der Waals surface area contributed by atoms with Crippen molar-refractivity contribution in [3.8, 4) is 11.3 Å². The van der Waals surface area contributed by atoms with Gasteiger partial charge in [0, 0.05) is 35.1 Å². The summed E-state index contributed by atoms with van der Waals surface area (Å²) in [5.41, 5.74) is 3.25. The van der Waals surface area contributed by atoms with E-state index >= 15 is 0 Å². The summed E-state index contributed by atoms with van der Waals surface area (Å²) >= 11 is 1.50. The number of aliphatic hydroxyl groups excluding tert-OH is 1. The van der Waals surface area contributed by atoms with Crippen LogP contribution in [0.1, 0.15) is 18.0 Å². The zero-order chi connectivity index (χ0) is 12.7. The molecular weight excluding hydrogens is 244 g/mol. The van der Waals surface area contributed by atoms with Crippen molar-refractivity contribution in [3.05, 3.63) is 40.8 Å². The van der Waals surface area contributed by atoms with Crippen molar-refractivity contribution in [2.75, 3.05) is 0 Å². The lowest BCUT2D eigenvalue weighted by atomic mass is 10.1. The molecule has 3 nitrogen and oxygen atoms in total. The van der Waals surface area contributed by atoms with Crippen LogP contribution < -0.4 is 0 Å². The third-order valence-electron chi connectivity index (χ3n) is 3.05. The van der Waals surface area contributed by atoms with Crippen LogP contribution in [0.5, 0.6) is 0 Å². The van der Waals surface area contributed by atoms with Gasteiger partial charge in [-0.25, -0.2) is 4.98 Å². The van der Waals surface area contributed by atoms with Crippen LogP contribution >= 0.6 is 11.3 Å². The summed E-state index contributed by atoms with van der Waals surface area (Å²) in [5.74, 6) is 0. The van der Waals surface area contributed by atoms with Gasteiger partial charge in [-0.3, -0.25) is 0 Å². The number of rotatable bonds is 2. The number of thiazole rings is 1. The highest BCUT2D eigenvalue weighted by atomic mass is 32.1. The Morgan fingerprint density at radius 2 is 2.11 bits per heavy atom. The summed E-state index contributed by atoms with van der Waals surface area (Å²) in [6, 6.07) is 8.27. The number of nitrogens with zero attached hydrogens (tertiary/aromatic N) is 2. The zero-order valence-electron chi connectivity index (χ0n) is 10.3. The van der Waals surface area contributed by atoms with Gasteiger partial charge in [-0.2, -0.15) is 0 Å². The van der Waals surface area contributed by atoms with Crippen molar-refractivity contribution in [2.45, 2.75) is 13.0 Å². The molecule has 0 saturated carbocycles. The fourth-order valence-electron chi connectivity index (χ4n) is 2.15. The molecule has 1 aromatic carbocycles. The normalized spacial score (nSPS) is 13.1. The molecule has 2 heterocycles. The highest BCUT2D eigenvalue weighted by Gasteiger charge is 2.13. The second-order valence-electron chi connectivity index (χ2n) is 4.42. The number of benzene rings is 1. The minimum absolute atomic E-state index is 0.501. The molecule has 0 amide bonds. The maximum Gasteiger partial charge on any atom is 0.122 e. The molecule has 3 aromatic rings. The molecule has 1 unspecified atom stereocenters. The van der Waals surface area contributed by atoms with Crippen LogP contribution in [-0.2, 0) is 7.05 Å². The first-order chi connectivity index (χ1) is 8.66. The summed E-state index contributed by atoms with van der Waals surface area (Å²) < 4.78 is 2.10. The van der Waals surface area contributed by atoms with Gasteiger partial charge in [0.2, 0.25) is 0 Å². The lowest BCUT2D eigenvalue weighted by Crippen LogP contribution is -1.88. The number of aryl methyl sites for hydroxylation is 1. The second-order valence-corrected chi connectivity index (χ2v) is 5.31. The van der Waals surface area contributed by atoms with Gasteiger partial charge in [0.1, 0.15) is 11.1 Å². The predicted molar refractivity (Wildman–Crippen MR) is 74.7 cm³/mol. The molecule has 92 valence electrons. The number of fused-ring (bicyclic) bond motifs is 1. The maximum atomic E-state index is 9.55. The van der Waals surface area contributed by atoms with E-state index in [2.05, 4.69) is 27.9 Å². The first-order valence-corrected chi connectivity index (χ1v) is 6.72. The molecule has 18 heavy (non-hydrogen) atoms. The summed E-state index contributed by atoms with van der Waals surface area (Å²) in [6.07, 6.45) is 1.59. The molecule has 0 fully saturated rings. The molecule has 0 spiro atoms. The molecule has 0 aliphatic rings. The number of hydrogen-bond donors (Lipinski definition) is 1. The Labute approximate surface area is 109 Å². The third kappa shape index (κ3) is 1.74. The molecule has 0 saturated heterocycles. The molecule has 4 heteroatoms. The molecule has 3 rings (SSSR count). The van der Waals surface area contributed by atoms with E-state index < -0.39 is 6.10 Å². The second kappa shape index (κ2) is 4.23. The number of aliphatic hydroxyl groups is 1. The van der Waals surface area contributed by atoms with Gasteiger partial charge in [0.25, 0.3) is 0 Å². The SMILES string of the molecule is CC(O)c1nc(-c2cn(C)c3ccccc23)cs1. The fourth-order valence-corrected chi connectivity index (χ4v) is 2.91. The van der Waals surface area contributed by atoms with Crippen molar-refractivity contribution >= 4 is 22.2 Å². The average Bonchev–Trinajstić information content (AvgIpc) is 2.95. The first kappa shape index (κ1) is 11.4. The minimum Gasteiger partial charge on any atom is -0.386 e. The average molecular weight is 258 g/mol. The van der Waals surface area contributed by atoms with Crippen LogP contribution in [0.2, 0.25) is 0 Å². The van der Waals surface area contributed by atoms with Crippen LogP contribution in [0.3, 0.4) is 0 Å². The number of hydrogen-bond acceptors (Lipinski definition) is 3. The summed E-state index contributed by atoms with van der Waals surface area (Å²) in [6.45, 7) is 1.74. The highest BCUT2D eigenvalue weighted by Crippen LogP contribution is 2.32. The van der Waals surface area contributed by atoms with Crippen molar-refractivity contribution in [3.63, 3.8) is 0 Å². The van der Waals surface area contributed by atoms with Gasteiger partial charge in [0.15, 0.2) is 0 Å². The van der Waals surface area contributed by atoms with Crippen LogP contribution in [0.15, 0.2) is 35.8 Å². The largest absolute Gasteiger partial charge is 0.386 e. The van der Waals surface area contributed by atoms with Crippen molar-refractivity contribution in [2.24, 2.45) is 7.05 Å². The van der Waals surface area contributed by atoms with E-state index in [9.17, 15) is 5.11 Å². The van der Waals surface area contributed by atoms with Gasteiger partial charge < -0.3 is 9.67 Å². The summed E-state index contributed by atoms with van der Waals surface area (Å²) in [7, 11) is 2.04. The quantitative estimate of drug-likeness (QED) is 0.765. The summed E-state index contributed by atoms with van der Waals surface area (Å²) in [5, 5.41) is 13.5. The molecule has 2 aromatic heterocycles. The van der Waals surface area contributed by atoms with E-state index in [1.807, 2.05) is 24.6 Å².